The summed E-state index contributed by atoms with van der Waals surface area (Å²) >= 11 is 6.25. The number of halogens is 1. The van der Waals surface area contributed by atoms with Gasteiger partial charge in [0.2, 0.25) is 5.95 Å². The SMILES string of the molecule is CCOc1c(Cl)cc(C(=O)Nc2nc(C3CCNCC3)nn2C)cc1OC. The Balaban J connectivity index is 1.79. The molecule has 9 heteroatoms. The molecule has 1 aliphatic rings. The Bertz CT molecular complexity index is 818. The first kappa shape index (κ1) is 19.4. The smallest absolute Gasteiger partial charge is 0.258 e. The number of nitrogens with one attached hydrogen (secondary N) is 2. The Kier molecular flexibility index (Phi) is 6.18. The minimum absolute atomic E-state index is 0.308. The monoisotopic (exact) mass is 393 g/mol. The Labute approximate surface area is 163 Å². The molecule has 0 saturated carbocycles. The zero-order chi connectivity index (χ0) is 19.4. The van der Waals surface area contributed by atoms with Gasteiger partial charge in [-0.2, -0.15) is 10.1 Å². The third-order valence-corrected chi connectivity index (χ3v) is 4.77. The number of aromatic nitrogens is 3. The molecule has 1 aromatic heterocycles. The molecule has 0 spiro atoms. The zero-order valence-electron chi connectivity index (χ0n) is 15.7. The molecule has 146 valence electrons. The molecule has 8 nitrogen and oxygen atoms in total. The topological polar surface area (TPSA) is 90.3 Å². The van der Waals surface area contributed by atoms with Crippen LogP contribution in [0.15, 0.2) is 12.1 Å². The molecule has 1 aliphatic heterocycles. The molecule has 2 N–H and O–H groups in total. The lowest BCUT2D eigenvalue weighted by molar-refractivity contribution is 0.102. The van der Waals surface area contributed by atoms with Crippen LogP contribution in [0.3, 0.4) is 0 Å². The maximum absolute atomic E-state index is 12.7. The van der Waals surface area contributed by atoms with Crippen molar-refractivity contribution in [1.29, 1.82) is 0 Å². The van der Waals surface area contributed by atoms with E-state index < -0.39 is 0 Å². The second-order valence-electron chi connectivity index (χ2n) is 6.32. The number of anilines is 1. The zero-order valence-corrected chi connectivity index (χ0v) is 16.5. The predicted octanol–water partition coefficient (Wildman–Crippen LogP) is 2.60. The maximum atomic E-state index is 12.7. The summed E-state index contributed by atoms with van der Waals surface area (Å²) in [6, 6.07) is 3.14. The van der Waals surface area contributed by atoms with E-state index in [-0.39, 0.29) is 5.91 Å². The van der Waals surface area contributed by atoms with Crippen LogP contribution >= 0.6 is 11.6 Å². The summed E-state index contributed by atoms with van der Waals surface area (Å²) < 4.78 is 12.4. The fourth-order valence-corrected chi connectivity index (χ4v) is 3.34. The van der Waals surface area contributed by atoms with E-state index in [2.05, 4.69) is 20.7 Å². The molecule has 2 heterocycles. The molecule has 0 bridgehead atoms. The van der Waals surface area contributed by atoms with Crippen LogP contribution in [-0.4, -0.2) is 47.5 Å². The number of hydrogen-bond donors (Lipinski definition) is 2. The first-order valence-electron chi connectivity index (χ1n) is 8.96. The van der Waals surface area contributed by atoms with Gasteiger partial charge in [0.25, 0.3) is 5.91 Å². The highest BCUT2D eigenvalue weighted by Gasteiger charge is 2.22. The average Bonchev–Trinajstić information content (AvgIpc) is 3.04. The average molecular weight is 394 g/mol. The lowest BCUT2D eigenvalue weighted by Crippen LogP contribution is -2.27. The molecular weight excluding hydrogens is 370 g/mol. The van der Waals surface area contributed by atoms with Crippen LogP contribution < -0.4 is 20.1 Å². The number of piperidine rings is 1. The van der Waals surface area contributed by atoms with E-state index in [1.165, 1.54) is 7.11 Å². The predicted molar refractivity (Wildman–Crippen MR) is 103 cm³/mol. The van der Waals surface area contributed by atoms with Crippen LogP contribution in [0.1, 0.15) is 41.9 Å². The Morgan fingerprint density at radius 1 is 1.41 bits per heavy atom. The van der Waals surface area contributed by atoms with Crippen molar-refractivity contribution >= 4 is 23.5 Å². The summed E-state index contributed by atoms with van der Waals surface area (Å²) in [6.07, 6.45) is 1.98. The third kappa shape index (κ3) is 4.33. The van der Waals surface area contributed by atoms with Crippen molar-refractivity contribution in [2.75, 3.05) is 32.1 Å². The molecule has 2 aromatic rings. The van der Waals surface area contributed by atoms with Gasteiger partial charge < -0.3 is 14.8 Å². The van der Waals surface area contributed by atoms with E-state index in [1.807, 2.05) is 6.92 Å². The highest BCUT2D eigenvalue weighted by Crippen LogP contribution is 2.36. The molecule has 27 heavy (non-hydrogen) atoms. The van der Waals surface area contributed by atoms with Gasteiger partial charge in [0, 0.05) is 18.5 Å². The second kappa shape index (κ2) is 8.58. The van der Waals surface area contributed by atoms with Crippen molar-refractivity contribution in [3.63, 3.8) is 0 Å². The highest BCUT2D eigenvalue weighted by molar-refractivity contribution is 6.32. The number of amides is 1. The molecule has 0 atom stereocenters. The molecule has 0 unspecified atom stereocenters. The molecule has 0 radical (unpaired) electrons. The van der Waals surface area contributed by atoms with Crippen molar-refractivity contribution in [2.45, 2.75) is 25.7 Å². The molecule has 3 rings (SSSR count). The van der Waals surface area contributed by atoms with Crippen LogP contribution in [-0.2, 0) is 7.05 Å². The largest absolute Gasteiger partial charge is 0.493 e. The molecule has 1 aromatic carbocycles. The normalized spacial score (nSPS) is 14.8. The molecule has 1 amide bonds. The first-order chi connectivity index (χ1) is 13.0. The fraction of sp³-hybridized carbons (Fsp3) is 0.500. The van der Waals surface area contributed by atoms with Crippen LogP contribution in [0.4, 0.5) is 5.95 Å². The van der Waals surface area contributed by atoms with Gasteiger partial charge in [-0.3, -0.25) is 10.1 Å². The van der Waals surface area contributed by atoms with Crippen LogP contribution in [0, 0.1) is 0 Å². The van der Waals surface area contributed by atoms with E-state index in [0.29, 0.717) is 40.6 Å². The minimum atomic E-state index is -0.342. The molecule has 0 aliphatic carbocycles. The summed E-state index contributed by atoms with van der Waals surface area (Å²) in [5, 5.41) is 10.9. The van der Waals surface area contributed by atoms with Crippen molar-refractivity contribution in [3.05, 3.63) is 28.5 Å². The van der Waals surface area contributed by atoms with Crippen molar-refractivity contribution in [1.82, 2.24) is 20.1 Å². The fourth-order valence-electron chi connectivity index (χ4n) is 3.08. The van der Waals surface area contributed by atoms with Crippen LogP contribution in [0.25, 0.3) is 0 Å². The summed E-state index contributed by atoms with van der Waals surface area (Å²) in [6.45, 7) is 4.20. The summed E-state index contributed by atoms with van der Waals surface area (Å²) in [5.74, 6) is 1.95. The summed E-state index contributed by atoms with van der Waals surface area (Å²) in [4.78, 5) is 17.2. The van der Waals surface area contributed by atoms with Gasteiger partial charge >= 0.3 is 0 Å². The molecule has 1 fully saturated rings. The first-order valence-corrected chi connectivity index (χ1v) is 9.34. The Hall–Kier alpha value is -2.32. The third-order valence-electron chi connectivity index (χ3n) is 4.49. The lowest BCUT2D eigenvalue weighted by Gasteiger charge is -2.19. The van der Waals surface area contributed by atoms with Gasteiger partial charge in [-0.15, -0.1) is 0 Å². The van der Waals surface area contributed by atoms with Gasteiger partial charge in [0.15, 0.2) is 17.3 Å². The number of carbonyl (C=O) groups excluding carboxylic acids is 1. The highest BCUT2D eigenvalue weighted by atomic mass is 35.5. The van der Waals surface area contributed by atoms with E-state index in [0.717, 1.165) is 31.8 Å². The van der Waals surface area contributed by atoms with Gasteiger partial charge in [-0.25, -0.2) is 4.68 Å². The number of aryl methyl sites for hydroxylation is 1. The van der Waals surface area contributed by atoms with Gasteiger partial charge in [0.05, 0.1) is 18.7 Å². The minimum Gasteiger partial charge on any atom is -0.493 e. The number of rotatable bonds is 6. The van der Waals surface area contributed by atoms with E-state index in [1.54, 1.807) is 23.9 Å². The van der Waals surface area contributed by atoms with E-state index in [9.17, 15) is 4.79 Å². The van der Waals surface area contributed by atoms with Crippen molar-refractivity contribution in [3.8, 4) is 11.5 Å². The van der Waals surface area contributed by atoms with Crippen molar-refractivity contribution < 1.29 is 14.3 Å². The number of nitrogens with zero attached hydrogens (tertiary/aromatic N) is 3. The Morgan fingerprint density at radius 2 is 2.15 bits per heavy atom. The summed E-state index contributed by atoms with van der Waals surface area (Å²) in [7, 11) is 3.27. The lowest BCUT2D eigenvalue weighted by atomic mass is 9.98. The van der Waals surface area contributed by atoms with E-state index in [4.69, 9.17) is 21.1 Å². The Morgan fingerprint density at radius 3 is 2.81 bits per heavy atom. The van der Waals surface area contributed by atoms with Crippen LogP contribution in [0.5, 0.6) is 11.5 Å². The van der Waals surface area contributed by atoms with Gasteiger partial charge in [0.1, 0.15) is 0 Å². The maximum Gasteiger partial charge on any atom is 0.258 e. The second-order valence-corrected chi connectivity index (χ2v) is 6.73. The van der Waals surface area contributed by atoms with E-state index >= 15 is 0 Å². The molecule has 1 saturated heterocycles. The number of hydrogen-bond acceptors (Lipinski definition) is 6. The van der Waals surface area contributed by atoms with Crippen LogP contribution in [0.2, 0.25) is 5.02 Å². The number of benzene rings is 1. The van der Waals surface area contributed by atoms with Gasteiger partial charge in [-0.1, -0.05) is 11.6 Å². The molecular formula is C18H24ClN5O3. The van der Waals surface area contributed by atoms with Gasteiger partial charge in [-0.05, 0) is 45.0 Å². The van der Waals surface area contributed by atoms with Crippen molar-refractivity contribution in [2.24, 2.45) is 7.05 Å². The number of carbonyl (C=O) groups is 1. The number of ether oxygens (including phenoxy) is 2. The quantitative estimate of drug-likeness (QED) is 0.784. The number of methoxy groups -OCH3 is 1. The standard InChI is InChI=1S/C18H24ClN5O3/c1-4-27-15-13(19)9-12(10-14(15)26-3)17(25)22-18-21-16(23-24(18)2)11-5-7-20-8-6-11/h9-11,20H,4-8H2,1-3H3,(H,21,22,23,25). The summed E-state index contributed by atoms with van der Waals surface area (Å²) in [5.41, 5.74) is 0.353.